The van der Waals surface area contributed by atoms with Gasteiger partial charge in [-0.25, -0.2) is 17.4 Å². The van der Waals surface area contributed by atoms with E-state index in [1.165, 1.54) is 3.97 Å². The molecular formula is C17H15N3O2S. The topological polar surface area (TPSA) is 56.4 Å². The Morgan fingerprint density at radius 2 is 1.65 bits per heavy atom. The Balaban J connectivity index is 2.11. The highest BCUT2D eigenvalue weighted by molar-refractivity contribution is 7.90. The highest BCUT2D eigenvalue weighted by Crippen LogP contribution is 2.27. The molecule has 0 aliphatic rings. The Hall–Kier alpha value is -2.60. The zero-order valence-electron chi connectivity index (χ0n) is 12.8. The van der Waals surface area contributed by atoms with Crippen molar-refractivity contribution in [1.82, 2.24) is 13.4 Å². The molecule has 1 aromatic carbocycles. The maximum atomic E-state index is 13.0. The summed E-state index contributed by atoms with van der Waals surface area (Å²) in [6.07, 6.45) is 1.78. The number of imidazole rings is 1. The largest absolute Gasteiger partial charge is 0.295 e. The van der Waals surface area contributed by atoms with Gasteiger partial charge in [-0.15, -0.1) is 0 Å². The number of hydrogen-bond donors (Lipinski definition) is 0. The van der Waals surface area contributed by atoms with Gasteiger partial charge in [0.2, 0.25) is 0 Å². The molecule has 116 valence electrons. The van der Waals surface area contributed by atoms with Crippen LogP contribution in [0.25, 0.3) is 16.7 Å². The number of nitrogens with zero attached hydrogens (tertiary/aromatic N) is 3. The standard InChI is InChI=1S/C17H15N3O2S/c1-12-10-16-15(8-9-17-18-11-13(2)19(16)17)20(12)23(21,22)14-6-4-3-5-7-14/h3-11H,1-2H3. The molecule has 3 aromatic heterocycles. The maximum Gasteiger partial charge on any atom is 0.268 e. The maximum absolute atomic E-state index is 13.0. The molecule has 4 aromatic rings. The molecule has 0 spiro atoms. The predicted molar refractivity (Wildman–Crippen MR) is 89.2 cm³/mol. The van der Waals surface area contributed by atoms with Gasteiger partial charge in [-0.2, -0.15) is 0 Å². The Kier molecular flexibility index (Phi) is 2.86. The van der Waals surface area contributed by atoms with E-state index in [2.05, 4.69) is 4.98 Å². The van der Waals surface area contributed by atoms with Crippen LogP contribution in [0.1, 0.15) is 11.4 Å². The lowest BCUT2D eigenvalue weighted by atomic mass is 10.3. The summed E-state index contributed by atoms with van der Waals surface area (Å²) in [5.74, 6) is 0. The predicted octanol–water partition coefficient (Wildman–Crippen LogP) is 3.14. The minimum atomic E-state index is -3.63. The van der Waals surface area contributed by atoms with Crippen LogP contribution in [-0.2, 0) is 10.0 Å². The second-order valence-electron chi connectivity index (χ2n) is 5.57. The van der Waals surface area contributed by atoms with E-state index in [0.717, 1.165) is 16.9 Å². The summed E-state index contributed by atoms with van der Waals surface area (Å²) in [6.45, 7) is 3.76. The van der Waals surface area contributed by atoms with Gasteiger partial charge < -0.3 is 0 Å². The van der Waals surface area contributed by atoms with Crippen molar-refractivity contribution in [3.8, 4) is 0 Å². The molecule has 0 amide bonds. The van der Waals surface area contributed by atoms with Crippen molar-refractivity contribution in [3.63, 3.8) is 0 Å². The van der Waals surface area contributed by atoms with E-state index in [-0.39, 0.29) is 4.90 Å². The molecule has 0 aliphatic carbocycles. The van der Waals surface area contributed by atoms with Crippen LogP contribution >= 0.6 is 0 Å². The van der Waals surface area contributed by atoms with Gasteiger partial charge in [-0.1, -0.05) is 18.2 Å². The third kappa shape index (κ3) is 1.91. The molecule has 0 fully saturated rings. The zero-order valence-corrected chi connectivity index (χ0v) is 13.6. The molecule has 0 saturated carbocycles. The smallest absolute Gasteiger partial charge is 0.268 e. The Morgan fingerprint density at radius 3 is 2.39 bits per heavy atom. The van der Waals surface area contributed by atoms with Crippen LogP contribution in [0.2, 0.25) is 0 Å². The first-order valence-corrected chi connectivity index (χ1v) is 8.70. The normalized spacial score (nSPS) is 12.3. The summed E-state index contributed by atoms with van der Waals surface area (Å²) in [5, 5.41) is 0. The fraction of sp³-hybridized carbons (Fsp3) is 0.118. The summed E-state index contributed by atoms with van der Waals surface area (Å²) >= 11 is 0. The minimum Gasteiger partial charge on any atom is -0.295 e. The number of benzene rings is 1. The van der Waals surface area contributed by atoms with Crippen LogP contribution in [0.15, 0.2) is 59.6 Å². The molecule has 0 aliphatic heterocycles. The van der Waals surface area contributed by atoms with Crippen molar-refractivity contribution in [2.24, 2.45) is 0 Å². The number of aryl methyl sites for hydroxylation is 2. The van der Waals surface area contributed by atoms with Gasteiger partial charge in [-0.05, 0) is 44.2 Å². The monoisotopic (exact) mass is 325 g/mol. The average Bonchev–Trinajstić information content (AvgIpc) is 3.08. The first-order chi connectivity index (χ1) is 11.0. The number of pyridine rings is 1. The van der Waals surface area contributed by atoms with Gasteiger partial charge in [0.15, 0.2) is 0 Å². The first kappa shape index (κ1) is 14.0. The summed E-state index contributed by atoms with van der Waals surface area (Å²) in [6, 6.07) is 14.0. The van der Waals surface area contributed by atoms with E-state index in [9.17, 15) is 8.42 Å². The van der Waals surface area contributed by atoms with Crippen molar-refractivity contribution < 1.29 is 8.42 Å². The van der Waals surface area contributed by atoms with Crippen LogP contribution in [0.5, 0.6) is 0 Å². The highest BCUT2D eigenvalue weighted by Gasteiger charge is 2.22. The lowest BCUT2D eigenvalue weighted by molar-refractivity contribution is 0.588. The van der Waals surface area contributed by atoms with Crippen molar-refractivity contribution in [3.05, 3.63) is 66.1 Å². The van der Waals surface area contributed by atoms with E-state index < -0.39 is 10.0 Å². The van der Waals surface area contributed by atoms with Gasteiger partial charge in [0.1, 0.15) is 5.65 Å². The van der Waals surface area contributed by atoms with Gasteiger partial charge in [0.05, 0.1) is 15.9 Å². The Labute approximate surface area is 133 Å². The van der Waals surface area contributed by atoms with Gasteiger partial charge in [0, 0.05) is 17.6 Å². The summed E-state index contributed by atoms with van der Waals surface area (Å²) in [7, 11) is -3.63. The van der Waals surface area contributed by atoms with Crippen LogP contribution in [0, 0.1) is 13.8 Å². The third-order valence-corrected chi connectivity index (χ3v) is 5.86. The molecule has 3 heterocycles. The Morgan fingerprint density at radius 1 is 0.913 bits per heavy atom. The molecule has 5 nitrogen and oxygen atoms in total. The van der Waals surface area contributed by atoms with Crippen LogP contribution in [-0.4, -0.2) is 21.8 Å². The fourth-order valence-corrected chi connectivity index (χ4v) is 4.57. The first-order valence-electron chi connectivity index (χ1n) is 7.26. The summed E-state index contributed by atoms with van der Waals surface area (Å²) in [4.78, 5) is 4.61. The fourth-order valence-electron chi connectivity index (χ4n) is 3.01. The van der Waals surface area contributed by atoms with E-state index in [0.29, 0.717) is 11.2 Å². The molecule has 4 rings (SSSR count). The molecule has 0 bridgehead atoms. The number of hydrogen-bond acceptors (Lipinski definition) is 3. The van der Waals surface area contributed by atoms with Crippen LogP contribution < -0.4 is 0 Å². The average molecular weight is 325 g/mol. The molecule has 6 heteroatoms. The quantitative estimate of drug-likeness (QED) is 0.569. The molecule has 23 heavy (non-hydrogen) atoms. The highest BCUT2D eigenvalue weighted by atomic mass is 32.2. The molecule has 0 unspecified atom stereocenters. The van der Waals surface area contributed by atoms with Crippen molar-refractivity contribution in [2.75, 3.05) is 0 Å². The zero-order chi connectivity index (χ0) is 16.2. The van der Waals surface area contributed by atoms with Crippen LogP contribution in [0.4, 0.5) is 0 Å². The molecule has 0 radical (unpaired) electrons. The molecule has 0 saturated heterocycles. The second kappa shape index (κ2) is 4.70. The van der Waals surface area contributed by atoms with E-state index in [1.54, 1.807) is 43.5 Å². The number of aromatic nitrogens is 3. The van der Waals surface area contributed by atoms with Crippen molar-refractivity contribution >= 4 is 26.7 Å². The van der Waals surface area contributed by atoms with Crippen LogP contribution in [0.3, 0.4) is 0 Å². The lowest BCUT2D eigenvalue weighted by Crippen LogP contribution is -2.14. The number of fused-ring (bicyclic) bond motifs is 3. The van der Waals surface area contributed by atoms with Crippen molar-refractivity contribution in [1.29, 1.82) is 0 Å². The SMILES string of the molecule is Cc1cc2c(ccc3ncc(C)n32)n1S(=O)(=O)c1ccccc1. The summed E-state index contributed by atoms with van der Waals surface area (Å²) < 4.78 is 29.4. The van der Waals surface area contributed by atoms with Gasteiger partial charge >= 0.3 is 0 Å². The van der Waals surface area contributed by atoms with E-state index in [4.69, 9.17) is 0 Å². The molecule has 0 N–H and O–H groups in total. The third-order valence-electron chi connectivity index (χ3n) is 4.03. The van der Waals surface area contributed by atoms with Gasteiger partial charge in [0.25, 0.3) is 10.0 Å². The van der Waals surface area contributed by atoms with Gasteiger partial charge in [-0.3, -0.25) is 4.40 Å². The minimum absolute atomic E-state index is 0.281. The van der Waals surface area contributed by atoms with E-state index in [1.807, 2.05) is 29.5 Å². The molecule has 0 atom stereocenters. The number of rotatable bonds is 2. The Bertz CT molecular complexity index is 1140. The lowest BCUT2D eigenvalue weighted by Gasteiger charge is -2.10. The molecular weight excluding hydrogens is 310 g/mol. The van der Waals surface area contributed by atoms with Crippen molar-refractivity contribution in [2.45, 2.75) is 18.7 Å². The van der Waals surface area contributed by atoms with E-state index >= 15 is 0 Å². The summed E-state index contributed by atoms with van der Waals surface area (Å²) in [5.41, 5.74) is 3.95. The second-order valence-corrected chi connectivity index (χ2v) is 7.35.